The minimum Gasteiger partial charge on any atom is -0.439 e. The Labute approximate surface area is 148 Å². The molecule has 2 aliphatic rings. The molecule has 3 amide bonds. The Kier molecular flexibility index (Phi) is 4.92. The summed E-state index contributed by atoms with van der Waals surface area (Å²) in [6, 6.07) is 4.51. The van der Waals surface area contributed by atoms with Gasteiger partial charge >= 0.3 is 6.09 Å². The molecule has 1 aromatic rings. The molecular formula is C15H16FN3O6S. The number of ether oxygens (including phenoxy) is 1. The molecule has 1 N–H and O–H groups in total. The lowest BCUT2D eigenvalue weighted by Gasteiger charge is -2.42. The number of sulfonamides is 1. The van der Waals surface area contributed by atoms with Crippen LogP contribution in [0.15, 0.2) is 29.2 Å². The van der Waals surface area contributed by atoms with E-state index in [9.17, 15) is 27.2 Å². The second kappa shape index (κ2) is 7.00. The van der Waals surface area contributed by atoms with Gasteiger partial charge in [0.15, 0.2) is 6.61 Å². The molecule has 2 aliphatic heterocycles. The van der Waals surface area contributed by atoms with E-state index in [1.807, 2.05) is 0 Å². The summed E-state index contributed by atoms with van der Waals surface area (Å²) in [6.45, 7) is -0.123. The van der Waals surface area contributed by atoms with Gasteiger partial charge in [0, 0.05) is 26.1 Å². The van der Waals surface area contributed by atoms with E-state index in [2.05, 4.69) is 9.46 Å². The fourth-order valence-corrected chi connectivity index (χ4v) is 3.84. The monoisotopic (exact) mass is 385 g/mol. The predicted octanol–water partition coefficient (Wildman–Crippen LogP) is -0.316. The molecule has 0 saturated carbocycles. The van der Waals surface area contributed by atoms with E-state index in [4.69, 9.17) is 0 Å². The van der Waals surface area contributed by atoms with Gasteiger partial charge in [-0.1, -0.05) is 12.1 Å². The number of likely N-dealkylation sites (tertiary alicyclic amines) is 1. The van der Waals surface area contributed by atoms with Crippen molar-refractivity contribution in [2.45, 2.75) is 17.4 Å². The first-order chi connectivity index (χ1) is 12.3. The first-order valence-corrected chi connectivity index (χ1v) is 9.28. The topological polar surface area (TPSA) is 113 Å². The van der Waals surface area contributed by atoms with E-state index in [1.165, 1.54) is 17.0 Å². The van der Waals surface area contributed by atoms with Crippen LogP contribution >= 0.6 is 0 Å². The summed E-state index contributed by atoms with van der Waals surface area (Å²) < 4.78 is 44.4. The predicted molar refractivity (Wildman–Crippen MR) is 84.8 cm³/mol. The van der Waals surface area contributed by atoms with Gasteiger partial charge in [-0.2, -0.15) is 0 Å². The second-order valence-electron chi connectivity index (χ2n) is 5.85. The number of benzene rings is 1. The van der Waals surface area contributed by atoms with Gasteiger partial charge in [0.2, 0.25) is 15.9 Å². The molecule has 2 heterocycles. The summed E-state index contributed by atoms with van der Waals surface area (Å²) in [5, 5.41) is 0. The summed E-state index contributed by atoms with van der Waals surface area (Å²) in [6.07, 6.45) is -0.844. The highest BCUT2D eigenvalue weighted by Gasteiger charge is 2.44. The molecule has 0 spiro atoms. The van der Waals surface area contributed by atoms with Crippen LogP contribution in [0.3, 0.4) is 0 Å². The molecular weight excluding hydrogens is 369 g/mol. The SMILES string of the molecule is O=C(CCNS(=O)(=O)c1ccccc1F)N1CC(N2C(=O)COC2=O)C1. The highest BCUT2D eigenvalue weighted by atomic mass is 32.2. The van der Waals surface area contributed by atoms with Crippen LogP contribution in [0.2, 0.25) is 0 Å². The van der Waals surface area contributed by atoms with Crippen LogP contribution in [0, 0.1) is 5.82 Å². The highest BCUT2D eigenvalue weighted by Crippen LogP contribution is 2.20. The lowest BCUT2D eigenvalue weighted by atomic mass is 10.1. The number of carbonyl (C=O) groups excluding carboxylic acids is 3. The Morgan fingerprint density at radius 2 is 1.96 bits per heavy atom. The van der Waals surface area contributed by atoms with Gasteiger partial charge in [-0.15, -0.1) is 0 Å². The fourth-order valence-electron chi connectivity index (χ4n) is 2.73. The Morgan fingerprint density at radius 3 is 2.58 bits per heavy atom. The van der Waals surface area contributed by atoms with E-state index in [-0.39, 0.29) is 38.6 Å². The van der Waals surface area contributed by atoms with Crippen LogP contribution < -0.4 is 4.72 Å². The van der Waals surface area contributed by atoms with Crippen LogP contribution in [0.4, 0.5) is 9.18 Å². The molecule has 0 unspecified atom stereocenters. The molecule has 0 atom stereocenters. The third kappa shape index (κ3) is 3.53. The number of nitrogens with one attached hydrogen (secondary N) is 1. The molecule has 9 nitrogen and oxygen atoms in total. The Hall–Kier alpha value is -2.53. The van der Waals surface area contributed by atoms with Crippen molar-refractivity contribution >= 4 is 27.9 Å². The zero-order valence-corrected chi connectivity index (χ0v) is 14.4. The summed E-state index contributed by atoms with van der Waals surface area (Å²) >= 11 is 0. The Bertz CT molecular complexity index is 837. The minimum absolute atomic E-state index is 0.126. The van der Waals surface area contributed by atoms with Gasteiger partial charge in [-0.05, 0) is 12.1 Å². The summed E-state index contributed by atoms with van der Waals surface area (Å²) in [4.78, 5) is 36.9. The first kappa shape index (κ1) is 18.3. The van der Waals surface area contributed by atoms with Crippen LogP contribution in [-0.4, -0.2) is 68.4 Å². The quantitative estimate of drug-likeness (QED) is 0.718. The number of hydrogen-bond acceptors (Lipinski definition) is 6. The normalized spacial score (nSPS) is 18.0. The maximum atomic E-state index is 13.6. The molecule has 140 valence electrons. The van der Waals surface area contributed by atoms with Crippen molar-refractivity contribution in [3.8, 4) is 0 Å². The molecule has 0 aliphatic carbocycles. The number of cyclic esters (lactones) is 1. The van der Waals surface area contributed by atoms with Crippen molar-refractivity contribution in [3.05, 3.63) is 30.1 Å². The number of rotatable bonds is 6. The highest BCUT2D eigenvalue weighted by molar-refractivity contribution is 7.89. The largest absolute Gasteiger partial charge is 0.439 e. The average Bonchev–Trinajstić information content (AvgIpc) is 2.86. The molecule has 2 fully saturated rings. The molecule has 0 radical (unpaired) electrons. The molecule has 3 rings (SSSR count). The van der Waals surface area contributed by atoms with Gasteiger partial charge in [-0.25, -0.2) is 27.2 Å². The van der Waals surface area contributed by atoms with E-state index in [0.717, 1.165) is 17.0 Å². The van der Waals surface area contributed by atoms with Gasteiger partial charge in [0.25, 0.3) is 5.91 Å². The van der Waals surface area contributed by atoms with Crippen molar-refractivity contribution in [1.82, 2.24) is 14.5 Å². The number of carbonyl (C=O) groups is 3. The third-order valence-electron chi connectivity index (χ3n) is 4.12. The van der Waals surface area contributed by atoms with E-state index >= 15 is 0 Å². The maximum absolute atomic E-state index is 13.6. The van der Waals surface area contributed by atoms with Crippen LogP contribution in [0.25, 0.3) is 0 Å². The zero-order valence-electron chi connectivity index (χ0n) is 13.6. The lowest BCUT2D eigenvalue weighted by Crippen LogP contribution is -2.62. The summed E-state index contributed by atoms with van der Waals surface area (Å²) in [5.41, 5.74) is 0. The Morgan fingerprint density at radius 1 is 1.27 bits per heavy atom. The number of amides is 3. The number of nitrogens with zero attached hydrogens (tertiary/aromatic N) is 2. The summed E-state index contributed by atoms with van der Waals surface area (Å²) in [5.74, 6) is -1.65. The molecule has 0 aromatic heterocycles. The van der Waals surface area contributed by atoms with E-state index in [0.29, 0.717) is 0 Å². The molecule has 26 heavy (non-hydrogen) atoms. The van der Waals surface area contributed by atoms with Gasteiger partial charge in [0.05, 0.1) is 6.04 Å². The van der Waals surface area contributed by atoms with Gasteiger partial charge in [0.1, 0.15) is 10.7 Å². The van der Waals surface area contributed by atoms with E-state index < -0.39 is 38.8 Å². The number of halogens is 1. The van der Waals surface area contributed by atoms with Crippen molar-refractivity contribution in [2.75, 3.05) is 26.2 Å². The molecule has 2 saturated heterocycles. The second-order valence-corrected chi connectivity index (χ2v) is 7.58. The van der Waals surface area contributed by atoms with E-state index in [1.54, 1.807) is 0 Å². The third-order valence-corrected chi connectivity index (χ3v) is 5.62. The summed E-state index contributed by atoms with van der Waals surface area (Å²) in [7, 11) is -4.05. The standard InChI is InChI=1S/C15H16FN3O6S/c16-11-3-1-2-4-12(11)26(23,24)17-6-5-13(20)18-7-10(8-18)19-14(21)9-25-15(19)22/h1-4,10,17H,5-9H2. The van der Waals surface area contributed by atoms with Crippen LogP contribution in [-0.2, 0) is 24.3 Å². The van der Waals surface area contributed by atoms with Crippen LogP contribution in [0.5, 0.6) is 0 Å². The number of imide groups is 1. The first-order valence-electron chi connectivity index (χ1n) is 7.80. The van der Waals surface area contributed by atoms with Crippen molar-refractivity contribution in [1.29, 1.82) is 0 Å². The van der Waals surface area contributed by atoms with Crippen molar-refractivity contribution in [3.63, 3.8) is 0 Å². The average molecular weight is 385 g/mol. The maximum Gasteiger partial charge on any atom is 0.417 e. The molecule has 1 aromatic carbocycles. The van der Waals surface area contributed by atoms with Crippen LogP contribution in [0.1, 0.15) is 6.42 Å². The smallest absolute Gasteiger partial charge is 0.417 e. The lowest BCUT2D eigenvalue weighted by molar-refractivity contribution is -0.141. The van der Waals surface area contributed by atoms with Gasteiger partial charge in [-0.3, -0.25) is 9.59 Å². The molecule has 0 bridgehead atoms. The fraction of sp³-hybridized carbons (Fsp3) is 0.400. The van der Waals surface area contributed by atoms with Crippen molar-refractivity contribution < 1.29 is 31.9 Å². The minimum atomic E-state index is -4.05. The zero-order chi connectivity index (χ0) is 18.9. The Balaban J connectivity index is 1.46. The van der Waals surface area contributed by atoms with Crippen molar-refractivity contribution in [2.24, 2.45) is 0 Å². The number of hydrogen-bond donors (Lipinski definition) is 1. The van der Waals surface area contributed by atoms with Gasteiger partial charge < -0.3 is 9.64 Å². The molecule has 11 heteroatoms.